The molecular weight excluding hydrogens is 276 g/mol. The summed E-state index contributed by atoms with van der Waals surface area (Å²) in [6, 6.07) is 9.09. The van der Waals surface area contributed by atoms with Gasteiger partial charge in [0.2, 0.25) is 5.56 Å². The van der Waals surface area contributed by atoms with E-state index in [4.69, 9.17) is 9.84 Å². The lowest BCUT2D eigenvalue weighted by atomic mass is 10.2. The molecule has 2 aromatic rings. The molecule has 0 aliphatic rings. The maximum Gasteiger partial charge on any atom is 0.341 e. The van der Waals surface area contributed by atoms with Gasteiger partial charge in [-0.05, 0) is 18.2 Å². The third-order valence-electron chi connectivity index (χ3n) is 2.53. The van der Waals surface area contributed by atoms with Gasteiger partial charge in [0, 0.05) is 12.3 Å². The van der Waals surface area contributed by atoms with Crippen molar-refractivity contribution >= 4 is 17.6 Å². The van der Waals surface area contributed by atoms with Crippen LogP contribution in [0.2, 0.25) is 0 Å². The molecule has 1 aromatic carbocycles. The number of carbonyl (C=O) groups excluding carboxylic acids is 1. The molecule has 1 amide bonds. The normalized spacial score (nSPS) is 9.90. The summed E-state index contributed by atoms with van der Waals surface area (Å²) in [5.41, 5.74) is 0.300. The average Bonchev–Trinajstić information content (AvgIpc) is 2.47. The maximum atomic E-state index is 12.0. The first-order valence-corrected chi connectivity index (χ1v) is 6.00. The Labute approximate surface area is 119 Å². The number of amides is 1. The van der Waals surface area contributed by atoms with Crippen molar-refractivity contribution in [2.75, 3.05) is 11.9 Å². The van der Waals surface area contributed by atoms with E-state index in [0.29, 0.717) is 5.69 Å². The number of rotatable bonds is 5. The number of hydrogen-bond donors (Lipinski definition) is 3. The van der Waals surface area contributed by atoms with Crippen molar-refractivity contribution in [3.8, 4) is 5.75 Å². The third-order valence-corrected chi connectivity index (χ3v) is 2.53. The number of anilines is 1. The molecule has 21 heavy (non-hydrogen) atoms. The number of carbonyl (C=O) groups is 2. The largest absolute Gasteiger partial charge is 0.480 e. The Morgan fingerprint density at radius 3 is 2.62 bits per heavy atom. The van der Waals surface area contributed by atoms with Crippen LogP contribution in [0.3, 0.4) is 0 Å². The lowest BCUT2D eigenvalue weighted by molar-refractivity contribution is -0.139. The number of hydrogen-bond acceptors (Lipinski definition) is 4. The molecule has 0 bridgehead atoms. The van der Waals surface area contributed by atoms with Gasteiger partial charge in [-0.15, -0.1) is 0 Å². The topological polar surface area (TPSA) is 108 Å². The molecule has 0 unspecified atom stereocenters. The second-order valence-electron chi connectivity index (χ2n) is 4.07. The van der Waals surface area contributed by atoms with E-state index in [2.05, 4.69) is 10.3 Å². The molecule has 0 radical (unpaired) electrons. The highest BCUT2D eigenvalue weighted by molar-refractivity contribution is 6.04. The van der Waals surface area contributed by atoms with Crippen LogP contribution in [-0.4, -0.2) is 28.6 Å². The van der Waals surface area contributed by atoms with Crippen molar-refractivity contribution in [2.24, 2.45) is 0 Å². The van der Waals surface area contributed by atoms with Gasteiger partial charge in [-0.1, -0.05) is 12.1 Å². The highest BCUT2D eigenvalue weighted by atomic mass is 16.5. The standard InChI is InChI=1S/C14H12N2O5/c17-12-6-5-9(7-15-12)14(20)16-10-3-1-2-4-11(10)21-8-13(18)19/h1-7H,8H2,(H,15,17)(H,16,20)(H,18,19). The number of aromatic amines is 1. The molecule has 0 saturated carbocycles. The molecule has 0 atom stereocenters. The van der Waals surface area contributed by atoms with Crippen LogP contribution < -0.4 is 15.6 Å². The molecule has 1 heterocycles. The van der Waals surface area contributed by atoms with Gasteiger partial charge >= 0.3 is 5.97 Å². The fourth-order valence-electron chi connectivity index (χ4n) is 1.58. The number of aromatic nitrogens is 1. The van der Waals surface area contributed by atoms with Crippen LogP contribution in [-0.2, 0) is 4.79 Å². The molecule has 7 nitrogen and oxygen atoms in total. The van der Waals surface area contributed by atoms with Crippen molar-refractivity contribution in [3.05, 3.63) is 58.5 Å². The molecule has 0 fully saturated rings. The number of aliphatic carboxylic acids is 1. The van der Waals surface area contributed by atoms with Crippen LogP contribution in [0.5, 0.6) is 5.75 Å². The molecular formula is C14H12N2O5. The van der Waals surface area contributed by atoms with Gasteiger partial charge in [-0.3, -0.25) is 9.59 Å². The fourth-order valence-corrected chi connectivity index (χ4v) is 1.58. The van der Waals surface area contributed by atoms with Crippen molar-refractivity contribution < 1.29 is 19.4 Å². The minimum atomic E-state index is -1.11. The van der Waals surface area contributed by atoms with Crippen molar-refractivity contribution in [3.63, 3.8) is 0 Å². The van der Waals surface area contributed by atoms with E-state index in [0.717, 1.165) is 0 Å². The molecule has 1 aromatic heterocycles. The molecule has 7 heteroatoms. The number of benzene rings is 1. The molecule has 3 N–H and O–H groups in total. The van der Waals surface area contributed by atoms with E-state index >= 15 is 0 Å². The number of para-hydroxylation sites is 2. The minimum absolute atomic E-state index is 0.248. The number of carboxylic acid groups (broad SMARTS) is 1. The number of ether oxygens (including phenoxy) is 1. The fraction of sp³-hybridized carbons (Fsp3) is 0.0714. The molecule has 108 valence electrons. The zero-order valence-electron chi connectivity index (χ0n) is 10.8. The van der Waals surface area contributed by atoms with E-state index in [-0.39, 0.29) is 16.9 Å². The van der Waals surface area contributed by atoms with Gasteiger partial charge in [-0.2, -0.15) is 0 Å². The molecule has 0 aliphatic carbocycles. The van der Waals surface area contributed by atoms with Crippen LogP contribution >= 0.6 is 0 Å². The zero-order valence-corrected chi connectivity index (χ0v) is 10.8. The van der Waals surface area contributed by atoms with Gasteiger partial charge in [-0.25, -0.2) is 4.79 Å². The summed E-state index contributed by atoms with van der Waals surface area (Å²) >= 11 is 0. The quantitative estimate of drug-likeness (QED) is 0.763. The Bertz CT molecular complexity index is 703. The summed E-state index contributed by atoms with van der Waals surface area (Å²) in [6.07, 6.45) is 1.29. The maximum absolute atomic E-state index is 12.0. The Morgan fingerprint density at radius 1 is 1.19 bits per heavy atom. The summed E-state index contributed by atoms with van der Waals surface area (Å²) in [5, 5.41) is 11.2. The first-order valence-electron chi connectivity index (χ1n) is 6.00. The van der Waals surface area contributed by atoms with Gasteiger partial charge in [0.25, 0.3) is 5.91 Å². The van der Waals surface area contributed by atoms with E-state index in [1.165, 1.54) is 18.3 Å². The van der Waals surface area contributed by atoms with Crippen molar-refractivity contribution in [1.82, 2.24) is 4.98 Å². The lowest BCUT2D eigenvalue weighted by Gasteiger charge is -2.11. The highest BCUT2D eigenvalue weighted by Gasteiger charge is 2.10. The Morgan fingerprint density at radius 2 is 1.95 bits per heavy atom. The summed E-state index contributed by atoms with van der Waals surface area (Å²) in [6.45, 7) is -0.508. The SMILES string of the molecule is O=C(O)COc1ccccc1NC(=O)c1ccc(=O)[nH]c1. The molecule has 0 spiro atoms. The Hall–Kier alpha value is -3.09. The second-order valence-corrected chi connectivity index (χ2v) is 4.07. The predicted octanol–water partition coefficient (Wildman–Crippen LogP) is 1.09. The average molecular weight is 288 g/mol. The van der Waals surface area contributed by atoms with Gasteiger partial charge in [0.1, 0.15) is 5.75 Å². The van der Waals surface area contributed by atoms with Crippen LogP contribution in [0.4, 0.5) is 5.69 Å². The summed E-state index contributed by atoms with van der Waals surface area (Å²) < 4.78 is 5.08. The van der Waals surface area contributed by atoms with E-state index in [9.17, 15) is 14.4 Å². The van der Waals surface area contributed by atoms with Gasteiger partial charge in [0.05, 0.1) is 11.3 Å². The smallest absolute Gasteiger partial charge is 0.341 e. The van der Waals surface area contributed by atoms with Crippen molar-refractivity contribution in [1.29, 1.82) is 0 Å². The van der Waals surface area contributed by atoms with Crippen LogP contribution in [0.15, 0.2) is 47.4 Å². The van der Waals surface area contributed by atoms with Gasteiger partial charge < -0.3 is 20.1 Å². The van der Waals surface area contributed by atoms with Crippen LogP contribution in [0.25, 0.3) is 0 Å². The molecule has 0 saturated heterocycles. The van der Waals surface area contributed by atoms with Crippen LogP contribution in [0.1, 0.15) is 10.4 Å². The Kier molecular flexibility index (Phi) is 4.35. The summed E-state index contributed by atoms with van der Waals surface area (Å²) in [5.74, 6) is -1.31. The van der Waals surface area contributed by atoms with E-state index in [1.54, 1.807) is 24.3 Å². The number of carboxylic acids is 1. The summed E-state index contributed by atoms with van der Waals surface area (Å²) in [7, 11) is 0. The summed E-state index contributed by atoms with van der Waals surface area (Å²) in [4.78, 5) is 35.9. The first kappa shape index (κ1) is 14.3. The van der Waals surface area contributed by atoms with E-state index < -0.39 is 18.5 Å². The molecule has 2 rings (SSSR count). The highest BCUT2D eigenvalue weighted by Crippen LogP contribution is 2.24. The number of nitrogens with one attached hydrogen (secondary N) is 2. The monoisotopic (exact) mass is 288 g/mol. The number of H-pyrrole nitrogens is 1. The molecule has 0 aliphatic heterocycles. The van der Waals surface area contributed by atoms with Gasteiger partial charge in [0.15, 0.2) is 6.61 Å². The lowest BCUT2D eigenvalue weighted by Crippen LogP contribution is -2.16. The van der Waals surface area contributed by atoms with Crippen molar-refractivity contribution in [2.45, 2.75) is 0 Å². The predicted molar refractivity (Wildman–Crippen MR) is 74.6 cm³/mol. The second kappa shape index (κ2) is 6.38. The number of pyridine rings is 1. The van der Waals surface area contributed by atoms with E-state index in [1.807, 2.05) is 0 Å². The first-order chi connectivity index (χ1) is 10.1. The van der Waals surface area contributed by atoms with Crippen LogP contribution in [0, 0.1) is 0 Å². The Balaban J connectivity index is 2.15. The zero-order chi connectivity index (χ0) is 15.2. The third kappa shape index (κ3) is 3.93. The minimum Gasteiger partial charge on any atom is -0.480 e.